The lowest BCUT2D eigenvalue weighted by atomic mass is 9.99. The third-order valence-corrected chi connectivity index (χ3v) is 4.82. The van der Waals surface area contributed by atoms with Crippen molar-refractivity contribution >= 4 is 17.2 Å². The number of benzene rings is 2. The van der Waals surface area contributed by atoms with Gasteiger partial charge in [0, 0.05) is 6.20 Å². The SMILES string of the molecule is CC.CC(=O)c1ccc(C2=CN3C(=NCC3c3ccc(C#N)cc3)C=C2)cc1F. The minimum atomic E-state index is -0.515. The van der Waals surface area contributed by atoms with Gasteiger partial charge in [0.1, 0.15) is 11.7 Å². The zero-order valence-corrected chi connectivity index (χ0v) is 16.7. The molecule has 0 aliphatic carbocycles. The summed E-state index contributed by atoms with van der Waals surface area (Å²) in [6.45, 7) is 5.97. The zero-order valence-electron chi connectivity index (χ0n) is 16.7. The van der Waals surface area contributed by atoms with E-state index >= 15 is 0 Å². The van der Waals surface area contributed by atoms with Crippen molar-refractivity contribution in [3.63, 3.8) is 0 Å². The van der Waals surface area contributed by atoms with Crippen molar-refractivity contribution < 1.29 is 9.18 Å². The predicted octanol–water partition coefficient (Wildman–Crippen LogP) is 5.29. The minimum Gasteiger partial charge on any atom is -0.323 e. The van der Waals surface area contributed by atoms with Crippen LogP contribution in [-0.2, 0) is 0 Å². The third kappa shape index (κ3) is 4.02. The highest BCUT2D eigenvalue weighted by Gasteiger charge is 2.28. The average Bonchev–Trinajstić information content (AvgIpc) is 3.18. The van der Waals surface area contributed by atoms with Gasteiger partial charge >= 0.3 is 0 Å². The topological polar surface area (TPSA) is 56.5 Å². The van der Waals surface area contributed by atoms with Gasteiger partial charge in [-0.05, 0) is 60.0 Å². The van der Waals surface area contributed by atoms with Crippen LogP contribution >= 0.6 is 0 Å². The Hall–Kier alpha value is -3.52. The molecular weight excluding hydrogens is 365 g/mol. The highest BCUT2D eigenvalue weighted by molar-refractivity contribution is 6.01. The summed E-state index contributed by atoms with van der Waals surface area (Å²) < 4.78 is 14.2. The number of nitrogens with zero attached hydrogens (tertiary/aromatic N) is 3. The molecule has 0 saturated heterocycles. The van der Waals surface area contributed by atoms with E-state index in [1.807, 2.05) is 44.3 Å². The number of rotatable bonds is 3. The van der Waals surface area contributed by atoms with E-state index in [9.17, 15) is 9.18 Å². The predicted molar refractivity (Wildman–Crippen MR) is 113 cm³/mol. The largest absolute Gasteiger partial charge is 0.323 e. The fourth-order valence-electron chi connectivity index (χ4n) is 3.36. The Bertz CT molecular complexity index is 1060. The number of carbonyl (C=O) groups excluding carboxylic acids is 1. The molecular formula is C24H22FN3O. The maximum Gasteiger partial charge on any atom is 0.162 e. The van der Waals surface area contributed by atoms with Crippen molar-refractivity contribution in [2.75, 3.05) is 6.54 Å². The Morgan fingerprint density at radius 3 is 2.52 bits per heavy atom. The normalized spacial score (nSPS) is 16.8. The van der Waals surface area contributed by atoms with Gasteiger partial charge in [-0.15, -0.1) is 0 Å². The van der Waals surface area contributed by atoms with Gasteiger partial charge in [0.15, 0.2) is 5.78 Å². The van der Waals surface area contributed by atoms with Gasteiger partial charge in [0.25, 0.3) is 0 Å². The van der Waals surface area contributed by atoms with Gasteiger partial charge in [0.05, 0.1) is 29.8 Å². The van der Waals surface area contributed by atoms with E-state index < -0.39 is 5.82 Å². The fourth-order valence-corrected chi connectivity index (χ4v) is 3.36. The Kier molecular flexibility index (Phi) is 6.04. The van der Waals surface area contributed by atoms with Crippen LogP contribution in [0, 0.1) is 17.1 Å². The van der Waals surface area contributed by atoms with E-state index in [0.29, 0.717) is 17.7 Å². The molecule has 5 heteroatoms. The molecule has 4 nitrogen and oxygen atoms in total. The Labute approximate surface area is 170 Å². The number of ketones is 1. The van der Waals surface area contributed by atoms with Crippen molar-refractivity contribution in [3.05, 3.63) is 88.9 Å². The molecule has 0 spiro atoms. The second-order valence-corrected chi connectivity index (χ2v) is 6.52. The van der Waals surface area contributed by atoms with Crippen molar-refractivity contribution in [2.24, 2.45) is 4.99 Å². The number of halogens is 1. The molecule has 1 unspecified atom stereocenters. The number of nitriles is 1. The second kappa shape index (κ2) is 8.66. The van der Waals surface area contributed by atoms with Crippen LogP contribution in [0.5, 0.6) is 0 Å². The van der Waals surface area contributed by atoms with Crippen LogP contribution in [0.4, 0.5) is 4.39 Å². The molecule has 0 N–H and O–H groups in total. The summed E-state index contributed by atoms with van der Waals surface area (Å²) >= 11 is 0. The number of fused-ring (bicyclic) bond motifs is 1. The Balaban J connectivity index is 0.00000117. The molecule has 2 aromatic rings. The highest BCUT2D eigenvalue weighted by atomic mass is 19.1. The first kappa shape index (κ1) is 20.2. The first-order chi connectivity index (χ1) is 14.1. The van der Waals surface area contributed by atoms with Gasteiger partial charge < -0.3 is 4.90 Å². The first-order valence-corrected chi connectivity index (χ1v) is 9.60. The number of hydrogen-bond donors (Lipinski definition) is 0. The van der Waals surface area contributed by atoms with Crippen LogP contribution in [0.3, 0.4) is 0 Å². The zero-order chi connectivity index (χ0) is 21.0. The molecule has 146 valence electrons. The van der Waals surface area contributed by atoms with Crippen molar-refractivity contribution in [1.82, 2.24) is 4.90 Å². The van der Waals surface area contributed by atoms with E-state index in [0.717, 1.165) is 17.0 Å². The lowest BCUT2D eigenvalue weighted by molar-refractivity contribution is 0.101. The van der Waals surface area contributed by atoms with Crippen LogP contribution in [0.1, 0.15) is 53.9 Å². The summed E-state index contributed by atoms with van der Waals surface area (Å²) in [5, 5.41) is 8.96. The van der Waals surface area contributed by atoms with Crippen molar-refractivity contribution in [1.29, 1.82) is 5.26 Å². The molecule has 0 bridgehead atoms. The molecule has 0 radical (unpaired) electrons. The number of hydrogen-bond acceptors (Lipinski definition) is 4. The first-order valence-electron chi connectivity index (χ1n) is 9.60. The minimum absolute atomic E-state index is 0.0361. The summed E-state index contributed by atoms with van der Waals surface area (Å²) in [6, 6.07) is 14.3. The van der Waals surface area contributed by atoms with Gasteiger partial charge in [-0.1, -0.05) is 32.0 Å². The Morgan fingerprint density at radius 2 is 1.90 bits per heavy atom. The molecule has 4 rings (SSSR count). The van der Waals surface area contributed by atoms with Gasteiger partial charge in [-0.2, -0.15) is 5.26 Å². The molecule has 2 aliphatic rings. The average molecular weight is 387 g/mol. The highest BCUT2D eigenvalue weighted by Crippen LogP contribution is 2.33. The van der Waals surface area contributed by atoms with E-state index in [1.165, 1.54) is 19.1 Å². The van der Waals surface area contributed by atoms with Gasteiger partial charge in [0.2, 0.25) is 0 Å². The number of Topliss-reactive ketones (excluding diaryl/α,β-unsaturated/α-hetero) is 1. The van der Waals surface area contributed by atoms with Crippen LogP contribution in [0.15, 0.2) is 65.8 Å². The molecule has 29 heavy (non-hydrogen) atoms. The number of aliphatic imine (C=N–C) groups is 1. The van der Waals surface area contributed by atoms with Gasteiger partial charge in [-0.3, -0.25) is 9.79 Å². The third-order valence-electron chi connectivity index (χ3n) is 4.82. The maximum absolute atomic E-state index is 14.2. The molecule has 2 heterocycles. The lowest BCUT2D eigenvalue weighted by Gasteiger charge is -2.27. The number of allylic oxidation sites excluding steroid dienone is 2. The van der Waals surface area contributed by atoms with Crippen LogP contribution < -0.4 is 0 Å². The van der Waals surface area contributed by atoms with E-state index in [-0.39, 0.29) is 17.4 Å². The summed E-state index contributed by atoms with van der Waals surface area (Å²) in [5.41, 5.74) is 3.34. The maximum atomic E-state index is 14.2. The molecule has 1 atom stereocenters. The molecule has 0 saturated carbocycles. The summed E-state index contributed by atoms with van der Waals surface area (Å²) in [5.74, 6) is 0.0508. The van der Waals surface area contributed by atoms with Crippen LogP contribution in [-0.4, -0.2) is 23.1 Å². The van der Waals surface area contributed by atoms with Crippen LogP contribution in [0.25, 0.3) is 5.57 Å². The van der Waals surface area contributed by atoms with E-state index in [1.54, 1.807) is 18.2 Å². The monoisotopic (exact) mass is 387 g/mol. The number of amidine groups is 1. The molecule has 0 amide bonds. The summed E-state index contributed by atoms with van der Waals surface area (Å²) in [6.07, 6.45) is 5.77. The fraction of sp³-hybridized carbons (Fsp3) is 0.208. The van der Waals surface area contributed by atoms with Gasteiger partial charge in [-0.25, -0.2) is 4.39 Å². The summed E-state index contributed by atoms with van der Waals surface area (Å²) in [4.78, 5) is 18.1. The summed E-state index contributed by atoms with van der Waals surface area (Å²) in [7, 11) is 0. The lowest BCUT2D eigenvalue weighted by Crippen LogP contribution is -2.26. The number of carbonyl (C=O) groups is 1. The molecule has 0 aromatic heterocycles. The Morgan fingerprint density at radius 1 is 1.17 bits per heavy atom. The quantitative estimate of drug-likeness (QED) is 0.672. The molecule has 2 aromatic carbocycles. The van der Waals surface area contributed by atoms with Crippen LogP contribution in [0.2, 0.25) is 0 Å². The standard InChI is InChI=1S/C22H16FN3O.C2H6/c1-14(27)19-8-6-17(10-20(19)23)18-7-9-22-25-12-21(26(22)13-18)16-4-2-15(11-24)3-5-16;1-2/h2-10,13,21H,12H2,1H3;1-2H3. The van der Waals surface area contributed by atoms with Crippen molar-refractivity contribution in [3.8, 4) is 6.07 Å². The van der Waals surface area contributed by atoms with Crippen molar-refractivity contribution in [2.45, 2.75) is 26.8 Å². The smallest absolute Gasteiger partial charge is 0.162 e. The van der Waals surface area contributed by atoms with E-state index in [4.69, 9.17) is 5.26 Å². The van der Waals surface area contributed by atoms with E-state index in [2.05, 4.69) is 16.0 Å². The molecule has 0 fully saturated rings. The second-order valence-electron chi connectivity index (χ2n) is 6.52. The molecule has 2 aliphatic heterocycles.